The minimum absolute atomic E-state index is 0.407. The smallest absolute Gasteiger partial charge is 0.193 e. The molecule has 0 fully saturated rings. The first-order valence-electron chi connectivity index (χ1n) is 4.30. The van der Waals surface area contributed by atoms with Crippen LogP contribution >= 0.6 is 11.8 Å². The Morgan fingerprint density at radius 2 is 1.87 bits per heavy atom. The molecule has 0 saturated carbocycles. The average Bonchev–Trinajstić information content (AvgIpc) is 2.25. The minimum Gasteiger partial charge on any atom is -0.382 e. The van der Waals surface area contributed by atoms with Crippen LogP contribution in [-0.4, -0.2) is 20.2 Å². The molecule has 15 heavy (non-hydrogen) atoms. The lowest BCUT2D eigenvalue weighted by molar-refractivity contribution is 0.913. The highest BCUT2D eigenvalue weighted by Crippen LogP contribution is 2.21. The predicted molar refractivity (Wildman–Crippen MR) is 57.3 cm³/mol. The van der Waals surface area contributed by atoms with Gasteiger partial charge in [-0.15, -0.1) is 10.2 Å². The van der Waals surface area contributed by atoms with Crippen molar-refractivity contribution >= 4 is 17.6 Å². The molecule has 76 valence electrons. The van der Waals surface area contributed by atoms with Gasteiger partial charge in [0, 0.05) is 12.4 Å². The van der Waals surface area contributed by atoms with Gasteiger partial charge in [0.2, 0.25) is 0 Å². The summed E-state index contributed by atoms with van der Waals surface area (Å²) in [5.74, 6) is 0.407. The molecule has 5 nitrogen and oxygen atoms in total. The second-order valence-electron chi connectivity index (χ2n) is 2.94. The molecule has 0 amide bonds. The molecule has 0 spiro atoms. The highest BCUT2D eigenvalue weighted by Gasteiger charge is 2.01. The first kappa shape index (κ1) is 9.85. The van der Waals surface area contributed by atoms with E-state index in [-0.39, 0.29) is 0 Å². The molecule has 6 heteroatoms. The first-order chi connectivity index (χ1) is 7.24. The summed E-state index contributed by atoms with van der Waals surface area (Å²) in [6.07, 6.45) is 3.53. The van der Waals surface area contributed by atoms with Gasteiger partial charge in [0.25, 0.3) is 0 Å². The molecule has 0 bridgehead atoms. The van der Waals surface area contributed by atoms with E-state index in [4.69, 9.17) is 5.73 Å². The van der Waals surface area contributed by atoms with Crippen LogP contribution in [0.4, 0.5) is 5.82 Å². The lowest BCUT2D eigenvalue weighted by atomic mass is 10.4. The molecule has 2 N–H and O–H groups in total. The fourth-order valence-corrected chi connectivity index (χ4v) is 1.53. The van der Waals surface area contributed by atoms with Crippen molar-refractivity contribution in [2.45, 2.75) is 17.1 Å². The maximum absolute atomic E-state index is 5.43. The summed E-state index contributed by atoms with van der Waals surface area (Å²) < 4.78 is 0. The molecule has 0 aliphatic carbocycles. The molecule has 0 radical (unpaired) electrons. The standard InChI is InChI=1S/C9H9N5S/c1-6-4-11-9(12-5-6)15-8-3-2-7(10)13-14-8/h2-5H,1H3,(H2,10,13). The van der Waals surface area contributed by atoms with Crippen LogP contribution in [0.15, 0.2) is 34.7 Å². The maximum Gasteiger partial charge on any atom is 0.193 e. The molecule has 0 aliphatic heterocycles. The van der Waals surface area contributed by atoms with E-state index in [2.05, 4.69) is 20.2 Å². The third-order valence-electron chi connectivity index (χ3n) is 1.61. The van der Waals surface area contributed by atoms with Crippen molar-refractivity contribution in [3.63, 3.8) is 0 Å². The molecule has 2 aromatic heterocycles. The predicted octanol–water partition coefficient (Wildman–Crippen LogP) is 1.31. The number of nitrogens with two attached hydrogens (primary N) is 1. The van der Waals surface area contributed by atoms with Gasteiger partial charge in [-0.2, -0.15) is 0 Å². The van der Waals surface area contributed by atoms with E-state index in [0.717, 1.165) is 10.6 Å². The second kappa shape index (κ2) is 4.22. The quantitative estimate of drug-likeness (QED) is 0.767. The van der Waals surface area contributed by atoms with Crippen LogP contribution in [0.3, 0.4) is 0 Å². The van der Waals surface area contributed by atoms with E-state index < -0.39 is 0 Å². The zero-order valence-electron chi connectivity index (χ0n) is 8.08. The summed E-state index contributed by atoms with van der Waals surface area (Å²) in [7, 11) is 0. The Bertz CT molecular complexity index is 396. The van der Waals surface area contributed by atoms with Crippen molar-refractivity contribution in [1.82, 2.24) is 20.2 Å². The molecule has 0 unspecified atom stereocenters. The number of aryl methyl sites for hydroxylation is 1. The molecular weight excluding hydrogens is 210 g/mol. The molecule has 0 aromatic carbocycles. The summed E-state index contributed by atoms with van der Waals surface area (Å²) in [6.45, 7) is 1.94. The Kier molecular flexibility index (Phi) is 2.77. The van der Waals surface area contributed by atoms with Gasteiger partial charge < -0.3 is 5.73 Å². The average molecular weight is 219 g/mol. The van der Waals surface area contributed by atoms with Crippen LogP contribution in [0, 0.1) is 6.92 Å². The second-order valence-corrected chi connectivity index (χ2v) is 3.93. The van der Waals surface area contributed by atoms with Gasteiger partial charge in [0.05, 0.1) is 0 Å². The zero-order chi connectivity index (χ0) is 10.7. The Balaban J connectivity index is 2.15. The molecule has 0 aliphatic rings. The van der Waals surface area contributed by atoms with Gasteiger partial charge in [-0.1, -0.05) is 0 Å². The number of hydrogen-bond acceptors (Lipinski definition) is 6. The van der Waals surface area contributed by atoms with Crippen LogP contribution in [0.25, 0.3) is 0 Å². The highest BCUT2D eigenvalue weighted by atomic mass is 32.2. The minimum atomic E-state index is 0.407. The number of rotatable bonds is 2. The third kappa shape index (κ3) is 2.63. The van der Waals surface area contributed by atoms with Crippen LogP contribution < -0.4 is 5.73 Å². The summed E-state index contributed by atoms with van der Waals surface area (Å²) in [6, 6.07) is 3.49. The van der Waals surface area contributed by atoms with E-state index in [1.165, 1.54) is 11.8 Å². The topological polar surface area (TPSA) is 77.6 Å². The van der Waals surface area contributed by atoms with Gasteiger partial charge >= 0.3 is 0 Å². The van der Waals surface area contributed by atoms with E-state index >= 15 is 0 Å². The van der Waals surface area contributed by atoms with Gasteiger partial charge in [0.15, 0.2) is 5.16 Å². The maximum atomic E-state index is 5.43. The highest BCUT2D eigenvalue weighted by molar-refractivity contribution is 7.99. The molecule has 0 atom stereocenters. The molecule has 2 aromatic rings. The van der Waals surface area contributed by atoms with Crippen molar-refractivity contribution in [2.75, 3.05) is 5.73 Å². The third-order valence-corrected chi connectivity index (χ3v) is 2.43. The van der Waals surface area contributed by atoms with Gasteiger partial charge in [-0.3, -0.25) is 0 Å². The van der Waals surface area contributed by atoms with Crippen LogP contribution in [0.5, 0.6) is 0 Å². The summed E-state index contributed by atoms with van der Waals surface area (Å²) in [5.41, 5.74) is 6.46. The fourth-order valence-electron chi connectivity index (χ4n) is 0.912. The monoisotopic (exact) mass is 219 g/mol. The van der Waals surface area contributed by atoms with Crippen LogP contribution in [-0.2, 0) is 0 Å². The largest absolute Gasteiger partial charge is 0.382 e. The zero-order valence-corrected chi connectivity index (χ0v) is 8.90. The Morgan fingerprint density at radius 3 is 2.47 bits per heavy atom. The van der Waals surface area contributed by atoms with E-state index in [1.54, 1.807) is 24.5 Å². The Hall–Kier alpha value is -1.69. The Morgan fingerprint density at radius 1 is 1.13 bits per heavy atom. The lowest BCUT2D eigenvalue weighted by Gasteiger charge is -1.98. The molecular formula is C9H9N5S. The van der Waals surface area contributed by atoms with Gasteiger partial charge in [-0.25, -0.2) is 9.97 Å². The normalized spacial score (nSPS) is 10.2. The van der Waals surface area contributed by atoms with Crippen molar-refractivity contribution in [3.05, 3.63) is 30.1 Å². The van der Waals surface area contributed by atoms with Crippen LogP contribution in [0.2, 0.25) is 0 Å². The number of aromatic nitrogens is 4. The van der Waals surface area contributed by atoms with Crippen molar-refractivity contribution in [3.8, 4) is 0 Å². The molecule has 0 saturated heterocycles. The van der Waals surface area contributed by atoms with Crippen LogP contribution in [0.1, 0.15) is 5.56 Å². The summed E-state index contributed by atoms with van der Waals surface area (Å²) in [5, 5.41) is 9.03. The number of nitrogens with zero attached hydrogens (tertiary/aromatic N) is 4. The van der Waals surface area contributed by atoms with Crippen molar-refractivity contribution < 1.29 is 0 Å². The lowest BCUT2D eigenvalue weighted by Crippen LogP contribution is -1.93. The Labute approximate surface area is 91.2 Å². The fraction of sp³-hybridized carbons (Fsp3) is 0.111. The van der Waals surface area contributed by atoms with Crippen molar-refractivity contribution in [1.29, 1.82) is 0 Å². The number of anilines is 1. The molecule has 2 heterocycles. The number of nitrogen functional groups attached to an aromatic ring is 1. The molecule has 2 rings (SSSR count). The van der Waals surface area contributed by atoms with E-state index in [1.807, 2.05) is 6.92 Å². The van der Waals surface area contributed by atoms with E-state index in [0.29, 0.717) is 11.0 Å². The van der Waals surface area contributed by atoms with Gasteiger partial charge in [0.1, 0.15) is 10.8 Å². The van der Waals surface area contributed by atoms with Gasteiger partial charge in [-0.05, 0) is 36.4 Å². The summed E-state index contributed by atoms with van der Waals surface area (Å²) >= 11 is 1.35. The van der Waals surface area contributed by atoms with Crippen molar-refractivity contribution in [2.24, 2.45) is 0 Å². The number of hydrogen-bond donors (Lipinski definition) is 1. The SMILES string of the molecule is Cc1cnc(Sc2ccc(N)nn2)nc1. The first-order valence-corrected chi connectivity index (χ1v) is 5.11. The summed E-state index contributed by atoms with van der Waals surface area (Å²) in [4.78, 5) is 8.30. The van der Waals surface area contributed by atoms with E-state index in [9.17, 15) is 0 Å².